The molecular formula is C19H28N2O4. The highest BCUT2D eigenvalue weighted by Gasteiger charge is 2.21. The molecule has 2 rings (SSSR count). The first kappa shape index (κ1) is 19.3. The summed E-state index contributed by atoms with van der Waals surface area (Å²) in [6.07, 6.45) is 2.01. The Balaban J connectivity index is 1.81. The van der Waals surface area contributed by atoms with Gasteiger partial charge in [0.05, 0.1) is 7.11 Å². The van der Waals surface area contributed by atoms with Crippen LogP contribution in [0.15, 0.2) is 30.9 Å². The maximum Gasteiger partial charge on any atom is 0.219 e. The Hall–Kier alpha value is -2.05. The van der Waals surface area contributed by atoms with Gasteiger partial charge in [0.2, 0.25) is 5.91 Å². The molecule has 1 fully saturated rings. The molecule has 0 unspecified atom stereocenters. The van der Waals surface area contributed by atoms with Gasteiger partial charge in [-0.25, -0.2) is 0 Å². The van der Waals surface area contributed by atoms with E-state index >= 15 is 0 Å². The maximum atomic E-state index is 11.3. The molecular weight excluding hydrogens is 320 g/mol. The molecule has 0 saturated carbocycles. The number of amides is 1. The lowest BCUT2D eigenvalue weighted by molar-refractivity contribution is -0.130. The maximum absolute atomic E-state index is 11.3. The van der Waals surface area contributed by atoms with Crippen LogP contribution in [0.2, 0.25) is 0 Å². The summed E-state index contributed by atoms with van der Waals surface area (Å²) in [5.74, 6) is 1.38. The summed E-state index contributed by atoms with van der Waals surface area (Å²) in [5.41, 5.74) is 1.10. The molecule has 6 nitrogen and oxygen atoms in total. The first-order valence-electron chi connectivity index (χ1n) is 8.60. The zero-order chi connectivity index (χ0) is 18.2. The number of β-amino-alcohol motifs (C(OH)–C–C–N with tert-alkyl or cyclic N) is 1. The Kier molecular flexibility index (Phi) is 7.28. The van der Waals surface area contributed by atoms with E-state index in [9.17, 15) is 9.90 Å². The number of nitrogens with zero attached hydrogens (tertiary/aromatic N) is 2. The number of carbonyl (C=O) groups is 1. The fourth-order valence-corrected chi connectivity index (χ4v) is 2.91. The van der Waals surface area contributed by atoms with Crippen molar-refractivity contribution in [2.24, 2.45) is 0 Å². The third-order valence-corrected chi connectivity index (χ3v) is 4.33. The SMILES string of the molecule is C=CCc1ccc(OC[C@@H](O)CN2CCN(C(C)=O)CC2)c(OC)c1. The average molecular weight is 348 g/mol. The molecule has 1 heterocycles. The molecule has 1 amide bonds. The van der Waals surface area contributed by atoms with Crippen LogP contribution in [0.25, 0.3) is 0 Å². The van der Waals surface area contributed by atoms with E-state index in [4.69, 9.17) is 9.47 Å². The summed E-state index contributed by atoms with van der Waals surface area (Å²) < 4.78 is 11.1. The van der Waals surface area contributed by atoms with Gasteiger partial charge < -0.3 is 19.5 Å². The van der Waals surface area contributed by atoms with Crippen molar-refractivity contribution in [3.05, 3.63) is 36.4 Å². The van der Waals surface area contributed by atoms with Crippen LogP contribution in [0.3, 0.4) is 0 Å². The lowest BCUT2D eigenvalue weighted by Gasteiger charge is -2.35. The second-order valence-electron chi connectivity index (χ2n) is 6.25. The number of ether oxygens (including phenoxy) is 2. The summed E-state index contributed by atoms with van der Waals surface area (Å²) in [7, 11) is 1.60. The Morgan fingerprint density at radius 3 is 2.64 bits per heavy atom. The lowest BCUT2D eigenvalue weighted by Crippen LogP contribution is -2.50. The predicted molar refractivity (Wildman–Crippen MR) is 97.1 cm³/mol. The van der Waals surface area contributed by atoms with Crippen LogP contribution in [-0.2, 0) is 11.2 Å². The average Bonchev–Trinajstić information content (AvgIpc) is 2.61. The first-order chi connectivity index (χ1) is 12.0. The van der Waals surface area contributed by atoms with Gasteiger partial charge in [-0.3, -0.25) is 9.69 Å². The lowest BCUT2D eigenvalue weighted by atomic mass is 10.1. The quantitative estimate of drug-likeness (QED) is 0.718. The fourth-order valence-electron chi connectivity index (χ4n) is 2.91. The van der Waals surface area contributed by atoms with E-state index in [-0.39, 0.29) is 12.5 Å². The summed E-state index contributed by atoms with van der Waals surface area (Å²) in [6.45, 7) is 9.02. The Morgan fingerprint density at radius 2 is 2.04 bits per heavy atom. The highest BCUT2D eigenvalue weighted by molar-refractivity contribution is 5.73. The van der Waals surface area contributed by atoms with Gasteiger partial charge in [-0.05, 0) is 24.1 Å². The van der Waals surface area contributed by atoms with Crippen LogP contribution >= 0.6 is 0 Å². The van der Waals surface area contributed by atoms with Crippen LogP contribution in [-0.4, -0.2) is 73.4 Å². The van der Waals surface area contributed by atoms with Gasteiger partial charge in [0.1, 0.15) is 12.7 Å². The molecule has 0 radical (unpaired) electrons. The van der Waals surface area contributed by atoms with Crippen LogP contribution in [0.1, 0.15) is 12.5 Å². The minimum atomic E-state index is -0.596. The normalized spacial score (nSPS) is 16.4. The Labute approximate surface area is 149 Å². The van der Waals surface area contributed by atoms with Gasteiger partial charge >= 0.3 is 0 Å². The van der Waals surface area contributed by atoms with Crippen molar-refractivity contribution in [3.63, 3.8) is 0 Å². The van der Waals surface area contributed by atoms with Crippen molar-refractivity contribution in [2.75, 3.05) is 46.4 Å². The van der Waals surface area contributed by atoms with E-state index in [1.54, 1.807) is 14.0 Å². The van der Waals surface area contributed by atoms with E-state index in [0.29, 0.717) is 31.1 Å². The zero-order valence-electron chi connectivity index (χ0n) is 15.1. The molecule has 0 aromatic heterocycles. The first-order valence-corrected chi connectivity index (χ1v) is 8.60. The Bertz CT molecular complexity index is 583. The molecule has 1 aromatic rings. The van der Waals surface area contributed by atoms with Gasteiger partial charge in [0.25, 0.3) is 0 Å². The molecule has 1 aliphatic heterocycles. The van der Waals surface area contributed by atoms with Crippen molar-refractivity contribution in [1.29, 1.82) is 0 Å². The molecule has 1 saturated heterocycles. The molecule has 25 heavy (non-hydrogen) atoms. The van der Waals surface area contributed by atoms with Gasteiger partial charge in [0.15, 0.2) is 11.5 Å². The summed E-state index contributed by atoms with van der Waals surface area (Å²) in [5, 5.41) is 10.2. The van der Waals surface area contributed by atoms with Gasteiger partial charge in [-0.15, -0.1) is 6.58 Å². The molecule has 1 aromatic carbocycles. The third-order valence-electron chi connectivity index (χ3n) is 4.33. The van der Waals surface area contributed by atoms with Crippen LogP contribution in [0, 0.1) is 0 Å². The number of piperazine rings is 1. The van der Waals surface area contributed by atoms with Crippen LogP contribution < -0.4 is 9.47 Å². The topological polar surface area (TPSA) is 62.2 Å². The highest BCUT2D eigenvalue weighted by Crippen LogP contribution is 2.28. The number of benzene rings is 1. The number of aliphatic hydroxyl groups is 1. The molecule has 1 atom stereocenters. The van der Waals surface area contributed by atoms with E-state index in [0.717, 1.165) is 25.1 Å². The zero-order valence-corrected chi connectivity index (χ0v) is 15.1. The van der Waals surface area contributed by atoms with E-state index < -0.39 is 6.10 Å². The van der Waals surface area contributed by atoms with Crippen LogP contribution in [0.5, 0.6) is 11.5 Å². The molecule has 1 aliphatic rings. The van der Waals surface area contributed by atoms with Crippen molar-refractivity contribution in [1.82, 2.24) is 9.80 Å². The van der Waals surface area contributed by atoms with Gasteiger partial charge in [-0.2, -0.15) is 0 Å². The third kappa shape index (κ3) is 5.76. The summed E-state index contributed by atoms with van der Waals surface area (Å²) in [4.78, 5) is 15.3. The smallest absolute Gasteiger partial charge is 0.219 e. The molecule has 0 bridgehead atoms. The monoisotopic (exact) mass is 348 g/mol. The van der Waals surface area contributed by atoms with Crippen LogP contribution in [0.4, 0.5) is 0 Å². The van der Waals surface area contributed by atoms with Gasteiger partial charge in [0, 0.05) is 39.6 Å². The summed E-state index contributed by atoms with van der Waals surface area (Å²) >= 11 is 0. The summed E-state index contributed by atoms with van der Waals surface area (Å²) in [6, 6.07) is 5.74. The van der Waals surface area contributed by atoms with Crippen molar-refractivity contribution in [3.8, 4) is 11.5 Å². The number of allylic oxidation sites excluding steroid dienone is 1. The molecule has 1 N–H and O–H groups in total. The van der Waals surface area contributed by atoms with Crippen molar-refractivity contribution < 1.29 is 19.4 Å². The van der Waals surface area contributed by atoms with Gasteiger partial charge in [-0.1, -0.05) is 12.1 Å². The number of hydrogen-bond donors (Lipinski definition) is 1. The van der Waals surface area contributed by atoms with E-state index in [1.807, 2.05) is 29.2 Å². The number of methoxy groups -OCH3 is 1. The second-order valence-corrected chi connectivity index (χ2v) is 6.25. The van der Waals surface area contributed by atoms with Crippen molar-refractivity contribution in [2.45, 2.75) is 19.4 Å². The molecule has 0 spiro atoms. The highest BCUT2D eigenvalue weighted by atomic mass is 16.5. The minimum Gasteiger partial charge on any atom is -0.493 e. The number of hydrogen-bond acceptors (Lipinski definition) is 5. The number of carbonyl (C=O) groups excluding carboxylic acids is 1. The molecule has 6 heteroatoms. The molecule has 138 valence electrons. The Morgan fingerprint density at radius 1 is 1.32 bits per heavy atom. The van der Waals surface area contributed by atoms with E-state index in [2.05, 4.69) is 11.5 Å². The second kappa shape index (κ2) is 9.44. The van der Waals surface area contributed by atoms with E-state index in [1.165, 1.54) is 0 Å². The fraction of sp³-hybridized carbons (Fsp3) is 0.526. The number of aliphatic hydroxyl groups excluding tert-OH is 1. The molecule has 0 aliphatic carbocycles. The predicted octanol–water partition coefficient (Wildman–Crippen LogP) is 1.33. The largest absolute Gasteiger partial charge is 0.493 e. The number of rotatable bonds is 8. The minimum absolute atomic E-state index is 0.107. The van der Waals surface area contributed by atoms with Crippen molar-refractivity contribution >= 4 is 5.91 Å². The standard InChI is InChI=1S/C19H28N2O4/c1-4-5-16-6-7-18(19(12-16)24-3)25-14-17(23)13-20-8-10-21(11-9-20)15(2)22/h4,6-7,12,17,23H,1,5,8-11,13-14H2,2-3H3/t17-/m0/s1.